The Bertz CT molecular complexity index is 1070. The van der Waals surface area contributed by atoms with Gasteiger partial charge in [0.05, 0.1) is 0 Å². The summed E-state index contributed by atoms with van der Waals surface area (Å²) in [5.74, 6) is 0. The van der Waals surface area contributed by atoms with Gasteiger partial charge in [0.25, 0.3) is 30.0 Å². The van der Waals surface area contributed by atoms with Crippen LogP contribution in [0.3, 0.4) is 0 Å². The maximum absolute atomic E-state index is 15.4. The zero-order valence-corrected chi connectivity index (χ0v) is 18.2. The Morgan fingerprint density at radius 3 is 1.59 bits per heavy atom. The molecular formula is C12H17F6N3O8S3. The lowest BCUT2D eigenvalue weighted by molar-refractivity contribution is -0.0443. The fourth-order valence-corrected chi connectivity index (χ4v) is 6.46. The van der Waals surface area contributed by atoms with E-state index in [1.165, 1.54) is 4.72 Å². The van der Waals surface area contributed by atoms with Crippen LogP contribution in [0.5, 0.6) is 0 Å². The number of halogens is 6. The summed E-state index contributed by atoms with van der Waals surface area (Å²) in [6, 6.07) is 0. The van der Waals surface area contributed by atoms with Crippen LogP contribution in [0.15, 0.2) is 25.3 Å². The van der Waals surface area contributed by atoms with E-state index in [0.717, 1.165) is 0 Å². The van der Waals surface area contributed by atoms with Crippen molar-refractivity contribution in [2.45, 2.75) is 28.1 Å². The Labute approximate surface area is 178 Å². The lowest BCUT2D eigenvalue weighted by Gasteiger charge is -2.41. The minimum Gasteiger partial charge on any atom is -0.465 e. The van der Waals surface area contributed by atoms with Gasteiger partial charge in [0.2, 0.25) is 5.67 Å². The third-order valence-corrected chi connectivity index (χ3v) is 9.42. The van der Waals surface area contributed by atoms with Crippen LogP contribution < -0.4 is 14.2 Å². The molecule has 0 rings (SSSR count). The molecule has 3 unspecified atom stereocenters. The summed E-state index contributed by atoms with van der Waals surface area (Å²) in [6.45, 7) is 3.01. The Hall–Kier alpha value is -1.90. The number of nitrogens with one attached hydrogen (secondary N) is 3. The number of sulfonamides is 3. The molecule has 20 heteroatoms. The first-order valence-corrected chi connectivity index (χ1v) is 12.1. The molecule has 0 aliphatic heterocycles. The minimum atomic E-state index is -6.89. The van der Waals surface area contributed by atoms with Crippen molar-refractivity contribution in [2.75, 3.05) is 13.1 Å². The van der Waals surface area contributed by atoms with Crippen molar-refractivity contribution in [3.63, 3.8) is 0 Å². The van der Waals surface area contributed by atoms with Crippen LogP contribution in [0.2, 0.25) is 0 Å². The van der Waals surface area contributed by atoms with Gasteiger partial charge in [-0.15, -0.1) is 0 Å². The Morgan fingerprint density at radius 2 is 1.25 bits per heavy atom. The van der Waals surface area contributed by atoms with Crippen LogP contribution in [0.1, 0.15) is 6.92 Å². The molecule has 0 radical (unpaired) electrons. The van der Waals surface area contributed by atoms with Gasteiger partial charge < -0.3 is 10.4 Å². The van der Waals surface area contributed by atoms with Crippen LogP contribution in [-0.2, 0) is 30.1 Å². The lowest BCUT2D eigenvalue weighted by atomic mass is 9.95. The van der Waals surface area contributed by atoms with Crippen molar-refractivity contribution in [3.05, 3.63) is 25.3 Å². The predicted octanol–water partition coefficient (Wildman–Crippen LogP) is 0.374. The van der Waals surface area contributed by atoms with Crippen molar-refractivity contribution in [2.24, 2.45) is 0 Å². The molecule has 32 heavy (non-hydrogen) atoms. The SMILES string of the molecule is C=CC(F)(C(C)(F)C(F)(C=C)S(=O)(=O)NS(=O)(=O)C(F)(F)F)S(=O)(=O)NCCNC(=O)O. The van der Waals surface area contributed by atoms with E-state index in [1.807, 2.05) is 0 Å². The second-order valence-electron chi connectivity index (χ2n) is 5.87. The highest BCUT2D eigenvalue weighted by Crippen LogP contribution is 2.48. The molecule has 1 amide bonds. The van der Waals surface area contributed by atoms with E-state index in [9.17, 15) is 43.2 Å². The molecule has 0 saturated carbocycles. The van der Waals surface area contributed by atoms with Gasteiger partial charge in [0.15, 0.2) is 0 Å². The van der Waals surface area contributed by atoms with E-state index in [1.54, 1.807) is 5.32 Å². The average molecular weight is 541 g/mol. The quantitative estimate of drug-likeness (QED) is 0.156. The number of hydrogen-bond donors (Lipinski definition) is 4. The number of hydrogen-bond acceptors (Lipinski definition) is 7. The van der Waals surface area contributed by atoms with E-state index in [0.29, 0.717) is 0 Å². The maximum Gasteiger partial charge on any atom is 0.512 e. The van der Waals surface area contributed by atoms with Crippen molar-refractivity contribution < 1.29 is 61.5 Å². The average Bonchev–Trinajstić information content (AvgIpc) is 2.61. The topological polar surface area (TPSA) is 176 Å². The summed E-state index contributed by atoms with van der Waals surface area (Å²) in [7, 11) is -19.5. The second kappa shape index (κ2) is 9.15. The van der Waals surface area contributed by atoms with Gasteiger partial charge in [-0.2, -0.15) is 13.2 Å². The van der Waals surface area contributed by atoms with Crippen LogP contribution in [-0.4, -0.2) is 70.7 Å². The zero-order valence-electron chi connectivity index (χ0n) is 15.8. The molecule has 0 aromatic carbocycles. The van der Waals surface area contributed by atoms with E-state index >= 15 is 13.2 Å². The molecule has 0 heterocycles. The number of rotatable bonds is 12. The molecule has 0 aromatic heterocycles. The monoisotopic (exact) mass is 541 g/mol. The summed E-state index contributed by atoms with van der Waals surface area (Å²) in [4.78, 5) is 10.3. The van der Waals surface area contributed by atoms with Gasteiger partial charge in [-0.3, -0.25) is 0 Å². The van der Waals surface area contributed by atoms with Gasteiger partial charge in [-0.05, 0) is 19.1 Å². The third-order valence-electron chi connectivity index (χ3n) is 3.81. The fraction of sp³-hybridized carbons (Fsp3) is 0.583. The Morgan fingerprint density at radius 1 is 0.844 bits per heavy atom. The molecule has 0 bridgehead atoms. The normalized spacial score (nSPS) is 19.1. The Kier molecular flexibility index (Phi) is 8.61. The molecule has 3 atom stereocenters. The molecule has 0 aliphatic carbocycles. The molecule has 0 spiro atoms. The highest BCUT2D eigenvalue weighted by atomic mass is 32.3. The van der Waals surface area contributed by atoms with Gasteiger partial charge in [-0.25, -0.2) is 47.9 Å². The highest BCUT2D eigenvalue weighted by Gasteiger charge is 2.73. The molecule has 0 aromatic rings. The van der Waals surface area contributed by atoms with Crippen LogP contribution >= 0.6 is 0 Å². The summed E-state index contributed by atoms with van der Waals surface area (Å²) in [5.41, 5.74) is -11.3. The molecule has 4 N–H and O–H groups in total. The van der Waals surface area contributed by atoms with Gasteiger partial charge >= 0.3 is 21.6 Å². The number of alkyl halides is 6. The summed E-state index contributed by atoms with van der Waals surface area (Å²) < 4.78 is 155. The maximum atomic E-state index is 15.4. The van der Waals surface area contributed by atoms with Gasteiger partial charge in [-0.1, -0.05) is 17.3 Å². The van der Waals surface area contributed by atoms with E-state index in [-0.39, 0.29) is 11.1 Å². The van der Waals surface area contributed by atoms with Crippen molar-refractivity contribution >= 4 is 36.2 Å². The number of carbonyl (C=O) groups is 1. The first kappa shape index (κ1) is 30.1. The number of carboxylic acid groups (broad SMARTS) is 1. The molecular weight excluding hydrogens is 524 g/mol. The van der Waals surface area contributed by atoms with Crippen LogP contribution in [0, 0.1) is 0 Å². The first-order chi connectivity index (χ1) is 14.0. The van der Waals surface area contributed by atoms with Crippen molar-refractivity contribution in [1.29, 1.82) is 0 Å². The van der Waals surface area contributed by atoms with Crippen LogP contribution in [0.25, 0.3) is 0 Å². The van der Waals surface area contributed by atoms with Gasteiger partial charge in [0, 0.05) is 13.1 Å². The molecule has 11 nitrogen and oxygen atoms in total. The third kappa shape index (κ3) is 5.18. The number of amides is 1. The standard InChI is InChI=1S/C12H17F6N3O8S3/c1-4-10(14,30(24,25)20-7-6-19-8(22)23)9(3,13)11(15,5-2)31(26,27)21-32(28,29)12(16,17)18/h4-5,19-21H,1-2,6-7H2,3H3,(H,22,23). The molecule has 0 aliphatic rings. The first-order valence-electron chi connectivity index (χ1n) is 7.64. The summed E-state index contributed by atoms with van der Waals surface area (Å²) >= 11 is 0. The fourth-order valence-electron chi connectivity index (χ4n) is 2.05. The largest absolute Gasteiger partial charge is 0.512 e. The minimum absolute atomic E-state index is 0.176. The molecule has 0 saturated heterocycles. The summed E-state index contributed by atoms with van der Waals surface area (Å²) in [6.07, 6.45) is -2.78. The Balaban J connectivity index is 6.55. The van der Waals surface area contributed by atoms with Crippen molar-refractivity contribution in [1.82, 2.24) is 14.2 Å². The van der Waals surface area contributed by atoms with Crippen molar-refractivity contribution in [3.8, 4) is 0 Å². The lowest BCUT2D eigenvalue weighted by Crippen LogP contribution is -2.67. The van der Waals surface area contributed by atoms with E-state index in [2.05, 4.69) is 13.2 Å². The van der Waals surface area contributed by atoms with Gasteiger partial charge in [0.1, 0.15) is 0 Å². The second-order valence-corrected chi connectivity index (χ2v) is 11.5. The predicted molar refractivity (Wildman–Crippen MR) is 97.6 cm³/mol. The van der Waals surface area contributed by atoms with E-state index in [4.69, 9.17) is 5.11 Å². The zero-order chi connectivity index (χ0) is 26.0. The molecule has 188 valence electrons. The molecule has 0 fully saturated rings. The highest BCUT2D eigenvalue weighted by molar-refractivity contribution is 8.05. The van der Waals surface area contributed by atoms with Crippen LogP contribution in [0.4, 0.5) is 31.1 Å². The summed E-state index contributed by atoms with van der Waals surface area (Å²) in [5, 5.41) is 0.0183. The van der Waals surface area contributed by atoms with E-state index < -0.39 is 82.6 Å². The smallest absolute Gasteiger partial charge is 0.465 e.